The Morgan fingerprint density at radius 1 is 1.20 bits per heavy atom. The van der Waals surface area contributed by atoms with Crippen molar-refractivity contribution in [3.05, 3.63) is 28.8 Å². The van der Waals surface area contributed by atoms with E-state index in [1.807, 2.05) is 13.0 Å². The van der Waals surface area contributed by atoms with Crippen molar-refractivity contribution in [2.24, 2.45) is 22.8 Å². The van der Waals surface area contributed by atoms with E-state index in [-0.39, 0.29) is 18.5 Å². The van der Waals surface area contributed by atoms with E-state index in [1.165, 1.54) is 12.8 Å². The summed E-state index contributed by atoms with van der Waals surface area (Å²) in [5.41, 5.74) is 17.8. The number of alkyl halides is 3. The first kappa shape index (κ1) is 18.4. The summed E-state index contributed by atoms with van der Waals surface area (Å²) in [5, 5.41) is 0. The molecule has 2 saturated carbocycles. The highest BCUT2D eigenvalue weighted by Gasteiger charge is 2.49. The smallest absolute Gasteiger partial charge is 0.385 e. The molecule has 3 rings (SSSR count). The van der Waals surface area contributed by atoms with Crippen LogP contribution in [-0.2, 0) is 0 Å². The first-order valence-corrected chi connectivity index (χ1v) is 9.26. The molecule has 1 heterocycles. The van der Waals surface area contributed by atoms with Gasteiger partial charge in [-0.2, -0.15) is 13.2 Å². The van der Waals surface area contributed by atoms with Crippen LogP contribution >= 0.6 is 0 Å². The van der Waals surface area contributed by atoms with Crippen LogP contribution in [0.4, 0.5) is 13.2 Å². The number of hydrogen-bond acceptors (Lipinski definition) is 3. The third-order valence-electron chi connectivity index (χ3n) is 6.20. The lowest BCUT2D eigenvalue weighted by molar-refractivity contribution is -0.173. The molecule has 1 spiro atoms. The molecule has 1 saturated heterocycles. The van der Waals surface area contributed by atoms with Crippen LogP contribution in [0.2, 0.25) is 0 Å². The maximum Gasteiger partial charge on any atom is 0.395 e. The number of likely N-dealkylation sites (tertiary alicyclic amines) is 1. The molecule has 3 nitrogen and oxygen atoms in total. The van der Waals surface area contributed by atoms with Crippen LogP contribution in [0.3, 0.4) is 0 Å². The minimum Gasteiger partial charge on any atom is -0.385 e. The normalized spacial score (nSPS) is 31.4. The van der Waals surface area contributed by atoms with E-state index in [1.54, 1.807) is 4.90 Å². The van der Waals surface area contributed by atoms with E-state index >= 15 is 0 Å². The van der Waals surface area contributed by atoms with Gasteiger partial charge in [-0.15, -0.1) is 5.73 Å². The van der Waals surface area contributed by atoms with Crippen molar-refractivity contribution >= 4 is 0 Å². The second kappa shape index (κ2) is 6.73. The Kier molecular flexibility index (Phi) is 4.95. The monoisotopic (exact) mass is 355 g/mol. The van der Waals surface area contributed by atoms with Crippen molar-refractivity contribution in [1.82, 2.24) is 4.90 Å². The van der Waals surface area contributed by atoms with Gasteiger partial charge >= 0.3 is 6.18 Å². The highest BCUT2D eigenvalue weighted by atomic mass is 19.4. The highest BCUT2D eigenvalue weighted by Crippen LogP contribution is 2.54. The molecule has 0 radical (unpaired) electrons. The zero-order chi connectivity index (χ0) is 18.2. The fourth-order valence-electron chi connectivity index (χ4n) is 4.93. The summed E-state index contributed by atoms with van der Waals surface area (Å²) in [7, 11) is 0. The fourth-order valence-corrected chi connectivity index (χ4v) is 4.93. The first-order chi connectivity index (χ1) is 11.8. The Labute approximate surface area is 147 Å². The summed E-state index contributed by atoms with van der Waals surface area (Å²) in [5.74, 6) is -1.03. The molecule has 4 N–H and O–H groups in total. The van der Waals surface area contributed by atoms with E-state index < -0.39 is 18.1 Å². The zero-order valence-electron chi connectivity index (χ0n) is 14.8. The van der Waals surface area contributed by atoms with Gasteiger partial charge < -0.3 is 16.4 Å². The molecule has 0 bridgehead atoms. The lowest BCUT2D eigenvalue weighted by Crippen LogP contribution is -2.38. The van der Waals surface area contributed by atoms with Gasteiger partial charge in [0.25, 0.3) is 0 Å². The van der Waals surface area contributed by atoms with Crippen LogP contribution in [0.1, 0.15) is 51.9 Å². The number of allylic oxidation sites excluding steroid dienone is 2. The number of nitrogens with two attached hydrogens (primary N) is 2. The van der Waals surface area contributed by atoms with E-state index in [9.17, 15) is 13.2 Å². The van der Waals surface area contributed by atoms with Crippen molar-refractivity contribution in [2.75, 3.05) is 13.1 Å². The second-order valence-electron chi connectivity index (χ2n) is 7.73. The van der Waals surface area contributed by atoms with Crippen molar-refractivity contribution < 1.29 is 13.2 Å². The Balaban J connectivity index is 1.94. The molecule has 3 fully saturated rings. The molecule has 140 valence electrons. The standard InChI is InChI=1S/C19H28F3N3/c1-2-6-14-13(7-5-10-18(14)8-3-4-9-18)17(24)25-11-15(16(23)12-25)19(20,21)22/h2,15-16H,3-5,7-12,23-24H2,1H3/b17-13+/t6?,15-,16-/m0/s1. The van der Waals surface area contributed by atoms with Gasteiger partial charge in [-0.3, -0.25) is 0 Å². The van der Waals surface area contributed by atoms with Gasteiger partial charge in [-0.25, -0.2) is 0 Å². The average Bonchev–Trinajstić information content (AvgIpc) is 3.16. The average molecular weight is 355 g/mol. The molecule has 2 aliphatic carbocycles. The zero-order valence-corrected chi connectivity index (χ0v) is 14.8. The van der Waals surface area contributed by atoms with Gasteiger partial charge in [0.2, 0.25) is 0 Å². The van der Waals surface area contributed by atoms with E-state index in [0.29, 0.717) is 5.82 Å². The minimum absolute atomic E-state index is 0.121. The van der Waals surface area contributed by atoms with Crippen LogP contribution in [-0.4, -0.2) is 30.2 Å². The molecule has 1 aliphatic heterocycles. The van der Waals surface area contributed by atoms with Crippen LogP contribution in [0.5, 0.6) is 0 Å². The van der Waals surface area contributed by atoms with E-state index in [2.05, 4.69) is 5.73 Å². The Bertz CT molecular complexity index is 608. The fraction of sp³-hybridized carbons (Fsp3) is 0.737. The number of rotatable bonds is 1. The van der Waals surface area contributed by atoms with Crippen LogP contribution in [0, 0.1) is 11.3 Å². The number of hydrogen-bond donors (Lipinski definition) is 2. The minimum atomic E-state index is -4.28. The molecular formula is C19H28F3N3. The van der Waals surface area contributed by atoms with Crippen molar-refractivity contribution in [1.29, 1.82) is 0 Å². The Morgan fingerprint density at radius 3 is 2.40 bits per heavy atom. The molecule has 3 aliphatic rings. The summed E-state index contributed by atoms with van der Waals surface area (Å²) in [4.78, 5) is 1.64. The first-order valence-electron chi connectivity index (χ1n) is 9.26. The summed E-state index contributed by atoms with van der Waals surface area (Å²) in [6.45, 7) is 1.95. The molecule has 0 aromatic heterocycles. The van der Waals surface area contributed by atoms with Crippen LogP contribution in [0.25, 0.3) is 0 Å². The predicted molar refractivity (Wildman–Crippen MR) is 92.3 cm³/mol. The van der Waals surface area contributed by atoms with Gasteiger partial charge in [-0.1, -0.05) is 12.8 Å². The van der Waals surface area contributed by atoms with E-state index in [4.69, 9.17) is 11.5 Å². The van der Waals surface area contributed by atoms with Crippen molar-refractivity contribution in [3.63, 3.8) is 0 Å². The summed E-state index contributed by atoms with van der Waals surface area (Å²) in [6, 6.07) is -0.919. The van der Waals surface area contributed by atoms with Gasteiger partial charge in [-0.05, 0) is 45.1 Å². The molecule has 25 heavy (non-hydrogen) atoms. The summed E-state index contributed by atoms with van der Waals surface area (Å²) < 4.78 is 39.4. The van der Waals surface area contributed by atoms with Crippen molar-refractivity contribution in [3.8, 4) is 0 Å². The van der Waals surface area contributed by atoms with Crippen LogP contribution < -0.4 is 11.5 Å². The molecular weight excluding hydrogens is 327 g/mol. The summed E-state index contributed by atoms with van der Waals surface area (Å²) >= 11 is 0. The SMILES string of the molecule is CC=C=C1/C(=C(\N)N2C[C@H](N)[C@@H](C(F)(F)F)C2)CCCC12CCCC2. The molecule has 6 heteroatoms. The number of halogens is 3. The molecule has 0 amide bonds. The quantitative estimate of drug-likeness (QED) is 0.703. The largest absolute Gasteiger partial charge is 0.395 e. The van der Waals surface area contributed by atoms with Gasteiger partial charge in [0.05, 0.1) is 5.92 Å². The Hall–Kier alpha value is -1.39. The molecule has 0 aromatic carbocycles. The highest BCUT2D eigenvalue weighted by molar-refractivity contribution is 5.41. The molecule has 0 aromatic rings. The van der Waals surface area contributed by atoms with Gasteiger partial charge in [0.1, 0.15) is 5.82 Å². The maximum atomic E-state index is 13.1. The molecule has 2 atom stereocenters. The van der Waals surface area contributed by atoms with E-state index in [0.717, 1.165) is 43.3 Å². The molecule has 0 unspecified atom stereocenters. The summed E-state index contributed by atoms with van der Waals surface area (Å²) in [6.07, 6.45) is 5.27. The lowest BCUT2D eigenvalue weighted by atomic mass is 9.67. The second-order valence-corrected chi connectivity index (χ2v) is 7.73. The third kappa shape index (κ3) is 3.34. The van der Waals surface area contributed by atoms with Gasteiger partial charge in [0.15, 0.2) is 0 Å². The van der Waals surface area contributed by atoms with Crippen LogP contribution in [0.15, 0.2) is 28.8 Å². The third-order valence-corrected chi connectivity index (χ3v) is 6.20. The number of nitrogens with zero attached hydrogens (tertiary/aromatic N) is 1. The Morgan fingerprint density at radius 2 is 1.84 bits per heavy atom. The van der Waals surface area contributed by atoms with Crippen molar-refractivity contribution in [2.45, 2.75) is 64.1 Å². The maximum absolute atomic E-state index is 13.1. The predicted octanol–water partition coefficient (Wildman–Crippen LogP) is 3.82. The van der Waals surface area contributed by atoms with Gasteiger partial charge in [0, 0.05) is 35.7 Å². The lowest BCUT2D eigenvalue weighted by Gasteiger charge is -2.38. The topological polar surface area (TPSA) is 55.3 Å².